The Kier molecular flexibility index (Phi) is 4.85. The van der Waals surface area contributed by atoms with Crippen molar-refractivity contribution in [3.05, 3.63) is 52.8 Å². The Morgan fingerprint density at radius 1 is 1.30 bits per heavy atom. The standard InChI is InChI=1S/C16H19ClN2O/c1-4-20-14-8-6-5-7-13(14)12(3)19-15-11(2)9-10-18-16(15)17/h5-10,12,19H,4H2,1-3H3. The van der Waals surface area contributed by atoms with Gasteiger partial charge in [0.1, 0.15) is 5.75 Å². The van der Waals surface area contributed by atoms with Crippen LogP contribution in [0.25, 0.3) is 0 Å². The molecule has 0 bridgehead atoms. The minimum atomic E-state index is 0.0816. The second kappa shape index (κ2) is 6.62. The van der Waals surface area contributed by atoms with E-state index in [2.05, 4.69) is 23.3 Å². The van der Waals surface area contributed by atoms with Gasteiger partial charge in [-0.3, -0.25) is 0 Å². The highest BCUT2D eigenvalue weighted by molar-refractivity contribution is 6.32. The van der Waals surface area contributed by atoms with E-state index in [9.17, 15) is 0 Å². The molecule has 0 amide bonds. The maximum absolute atomic E-state index is 6.16. The fourth-order valence-corrected chi connectivity index (χ4v) is 2.38. The Labute approximate surface area is 124 Å². The SMILES string of the molecule is CCOc1ccccc1C(C)Nc1c(C)ccnc1Cl. The van der Waals surface area contributed by atoms with Gasteiger partial charge in [-0.2, -0.15) is 0 Å². The summed E-state index contributed by atoms with van der Waals surface area (Å²) >= 11 is 6.16. The molecule has 1 unspecified atom stereocenters. The largest absolute Gasteiger partial charge is 0.494 e. The van der Waals surface area contributed by atoms with Gasteiger partial charge in [0.05, 0.1) is 18.3 Å². The smallest absolute Gasteiger partial charge is 0.152 e. The molecule has 106 valence electrons. The molecule has 0 aliphatic heterocycles. The first-order valence-corrected chi connectivity index (χ1v) is 7.10. The van der Waals surface area contributed by atoms with Crippen molar-refractivity contribution < 1.29 is 4.74 Å². The Balaban J connectivity index is 2.26. The monoisotopic (exact) mass is 290 g/mol. The van der Waals surface area contributed by atoms with Gasteiger partial charge in [0, 0.05) is 11.8 Å². The zero-order valence-corrected chi connectivity index (χ0v) is 12.7. The number of halogens is 1. The van der Waals surface area contributed by atoms with E-state index in [1.54, 1.807) is 6.20 Å². The number of benzene rings is 1. The minimum absolute atomic E-state index is 0.0816. The van der Waals surface area contributed by atoms with E-state index in [1.165, 1.54) is 0 Å². The van der Waals surface area contributed by atoms with Crippen molar-refractivity contribution in [3.63, 3.8) is 0 Å². The summed E-state index contributed by atoms with van der Waals surface area (Å²) < 4.78 is 5.67. The predicted molar refractivity (Wildman–Crippen MR) is 83.6 cm³/mol. The molecule has 1 atom stereocenters. The first-order valence-electron chi connectivity index (χ1n) is 6.72. The van der Waals surface area contributed by atoms with Crippen LogP contribution < -0.4 is 10.1 Å². The van der Waals surface area contributed by atoms with Crippen molar-refractivity contribution in [2.24, 2.45) is 0 Å². The summed E-state index contributed by atoms with van der Waals surface area (Å²) in [5.41, 5.74) is 3.05. The van der Waals surface area contributed by atoms with Crippen LogP contribution in [-0.4, -0.2) is 11.6 Å². The number of aryl methyl sites for hydroxylation is 1. The molecule has 0 spiro atoms. The summed E-state index contributed by atoms with van der Waals surface area (Å²) in [6.07, 6.45) is 1.71. The lowest BCUT2D eigenvalue weighted by Gasteiger charge is -2.20. The quantitative estimate of drug-likeness (QED) is 0.816. The van der Waals surface area contributed by atoms with E-state index in [0.29, 0.717) is 11.8 Å². The van der Waals surface area contributed by atoms with Crippen LogP contribution >= 0.6 is 11.6 Å². The van der Waals surface area contributed by atoms with Crippen LogP contribution in [0.1, 0.15) is 31.0 Å². The van der Waals surface area contributed by atoms with E-state index in [4.69, 9.17) is 16.3 Å². The fraction of sp³-hybridized carbons (Fsp3) is 0.312. The topological polar surface area (TPSA) is 34.1 Å². The number of para-hydroxylation sites is 1. The highest BCUT2D eigenvalue weighted by Crippen LogP contribution is 2.31. The number of pyridine rings is 1. The molecule has 4 heteroatoms. The number of hydrogen-bond acceptors (Lipinski definition) is 3. The summed E-state index contributed by atoms with van der Waals surface area (Å²) in [6.45, 7) is 6.73. The molecule has 0 saturated heterocycles. The number of aromatic nitrogens is 1. The zero-order chi connectivity index (χ0) is 14.5. The van der Waals surface area contributed by atoms with Crippen molar-refractivity contribution in [2.45, 2.75) is 26.8 Å². The molecular weight excluding hydrogens is 272 g/mol. The normalized spacial score (nSPS) is 12.0. The van der Waals surface area contributed by atoms with E-state index in [0.717, 1.165) is 22.6 Å². The third-order valence-corrected chi connectivity index (χ3v) is 3.45. The summed E-state index contributed by atoms with van der Waals surface area (Å²) in [4.78, 5) is 4.12. The molecule has 0 radical (unpaired) electrons. The van der Waals surface area contributed by atoms with E-state index >= 15 is 0 Å². The molecule has 0 saturated carbocycles. The van der Waals surface area contributed by atoms with Gasteiger partial charge < -0.3 is 10.1 Å². The second-order valence-electron chi connectivity index (χ2n) is 4.63. The molecule has 2 aromatic rings. The Morgan fingerprint density at radius 3 is 2.75 bits per heavy atom. The van der Waals surface area contributed by atoms with Crippen LogP contribution in [-0.2, 0) is 0 Å². The highest BCUT2D eigenvalue weighted by Gasteiger charge is 2.14. The van der Waals surface area contributed by atoms with Crippen molar-refractivity contribution in [3.8, 4) is 5.75 Å². The fourth-order valence-electron chi connectivity index (χ4n) is 2.12. The lowest BCUT2D eigenvalue weighted by atomic mass is 10.1. The number of hydrogen-bond donors (Lipinski definition) is 1. The molecule has 20 heavy (non-hydrogen) atoms. The molecule has 3 nitrogen and oxygen atoms in total. The van der Waals surface area contributed by atoms with Gasteiger partial charge in [-0.25, -0.2) is 4.98 Å². The molecule has 1 aromatic carbocycles. The van der Waals surface area contributed by atoms with Crippen LogP contribution in [0.15, 0.2) is 36.5 Å². The molecule has 0 aliphatic rings. The zero-order valence-electron chi connectivity index (χ0n) is 12.0. The van der Waals surface area contributed by atoms with Crippen molar-refractivity contribution in [1.29, 1.82) is 0 Å². The molecular formula is C16H19ClN2O. The van der Waals surface area contributed by atoms with Gasteiger partial charge in [-0.05, 0) is 38.5 Å². The molecule has 1 aromatic heterocycles. The third-order valence-electron chi connectivity index (χ3n) is 3.16. The second-order valence-corrected chi connectivity index (χ2v) is 4.99. The van der Waals surface area contributed by atoms with Gasteiger partial charge in [0.2, 0.25) is 0 Å². The first kappa shape index (κ1) is 14.7. The van der Waals surface area contributed by atoms with Crippen LogP contribution in [0.2, 0.25) is 5.15 Å². The average molecular weight is 291 g/mol. The van der Waals surface area contributed by atoms with E-state index in [1.807, 2.05) is 38.1 Å². The summed E-state index contributed by atoms with van der Waals surface area (Å²) in [6, 6.07) is 10.0. The lowest BCUT2D eigenvalue weighted by Crippen LogP contribution is -2.10. The van der Waals surface area contributed by atoms with Crippen molar-refractivity contribution in [2.75, 3.05) is 11.9 Å². The molecule has 2 rings (SSSR count). The maximum Gasteiger partial charge on any atom is 0.152 e. The highest BCUT2D eigenvalue weighted by atomic mass is 35.5. The average Bonchev–Trinajstić information content (AvgIpc) is 2.44. The number of anilines is 1. The molecule has 1 N–H and O–H groups in total. The maximum atomic E-state index is 6.16. The van der Waals surface area contributed by atoms with E-state index < -0.39 is 0 Å². The van der Waals surface area contributed by atoms with E-state index in [-0.39, 0.29) is 6.04 Å². The number of rotatable bonds is 5. The Bertz CT molecular complexity index is 566. The summed E-state index contributed by atoms with van der Waals surface area (Å²) in [7, 11) is 0. The van der Waals surface area contributed by atoms with Crippen molar-refractivity contribution in [1.82, 2.24) is 4.98 Å². The van der Waals surface area contributed by atoms with Gasteiger partial charge in [0.25, 0.3) is 0 Å². The Morgan fingerprint density at radius 2 is 2.05 bits per heavy atom. The molecule has 0 fully saturated rings. The van der Waals surface area contributed by atoms with Gasteiger partial charge in [0.15, 0.2) is 5.15 Å². The molecule has 0 aliphatic carbocycles. The number of nitrogens with zero attached hydrogens (tertiary/aromatic N) is 1. The Hall–Kier alpha value is -1.74. The summed E-state index contributed by atoms with van der Waals surface area (Å²) in [5, 5.41) is 3.91. The lowest BCUT2D eigenvalue weighted by molar-refractivity contribution is 0.335. The number of nitrogens with one attached hydrogen (secondary N) is 1. The van der Waals surface area contributed by atoms with Crippen LogP contribution in [0.3, 0.4) is 0 Å². The van der Waals surface area contributed by atoms with Gasteiger partial charge in [-0.15, -0.1) is 0 Å². The van der Waals surface area contributed by atoms with Crippen molar-refractivity contribution >= 4 is 17.3 Å². The number of ether oxygens (including phenoxy) is 1. The van der Waals surface area contributed by atoms with Gasteiger partial charge in [-0.1, -0.05) is 29.8 Å². The van der Waals surface area contributed by atoms with Crippen LogP contribution in [0.5, 0.6) is 5.75 Å². The first-order chi connectivity index (χ1) is 9.63. The third kappa shape index (κ3) is 3.23. The van der Waals surface area contributed by atoms with Crippen LogP contribution in [0.4, 0.5) is 5.69 Å². The minimum Gasteiger partial charge on any atom is -0.494 e. The van der Waals surface area contributed by atoms with Crippen LogP contribution in [0, 0.1) is 6.92 Å². The van der Waals surface area contributed by atoms with Gasteiger partial charge >= 0.3 is 0 Å². The molecule has 1 heterocycles. The summed E-state index contributed by atoms with van der Waals surface area (Å²) in [5.74, 6) is 0.896. The predicted octanol–water partition coefficient (Wildman–Crippen LogP) is 4.62.